The van der Waals surface area contributed by atoms with Crippen molar-refractivity contribution in [3.63, 3.8) is 0 Å². The zero-order valence-corrected chi connectivity index (χ0v) is 12.3. The van der Waals surface area contributed by atoms with Gasteiger partial charge in [0.2, 0.25) is 0 Å². The summed E-state index contributed by atoms with van der Waals surface area (Å²) in [5, 5.41) is 0. The van der Waals surface area contributed by atoms with Crippen molar-refractivity contribution in [2.75, 3.05) is 0 Å². The third-order valence-electron chi connectivity index (χ3n) is 5.83. The highest BCUT2D eigenvalue weighted by Gasteiger charge is 2.28. The van der Waals surface area contributed by atoms with Gasteiger partial charge in [-0.2, -0.15) is 0 Å². The fraction of sp³-hybridized carbons (Fsp3) is 0.667. The Morgan fingerprint density at radius 3 is 1.50 bits per heavy atom. The summed E-state index contributed by atoms with van der Waals surface area (Å²) in [6, 6.07) is 5.13. The lowest BCUT2D eigenvalue weighted by Gasteiger charge is -2.34. The Morgan fingerprint density at radius 1 is 0.722 bits per heavy atom. The molecule has 18 heavy (non-hydrogen) atoms. The van der Waals surface area contributed by atoms with Gasteiger partial charge in [-0.05, 0) is 71.6 Å². The van der Waals surface area contributed by atoms with Crippen molar-refractivity contribution < 1.29 is 0 Å². The first-order valence-electron chi connectivity index (χ1n) is 7.73. The molecule has 0 radical (unpaired) electrons. The Balaban J connectivity index is 2.07. The molecule has 0 saturated heterocycles. The van der Waals surface area contributed by atoms with Crippen LogP contribution in [0.1, 0.15) is 74.6 Å². The third-order valence-corrected chi connectivity index (χ3v) is 5.83. The summed E-state index contributed by atoms with van der Waals surface area (Å²) in [6.07, 6.45) is 5.35. The van der Waals surface area contributed by atoms with Gasteiger partial charge in [0.25, 0.3) is 0 Å². The molecule has 0 aliphatic heterocycles. The van der Waals surface area contributed by atoms with Crippen LogP contribution in [0, 0.1) is 11.8 Å². The monoisotopic (exact) mass is 242 g/mol. The van der Waals surface area contributed by atoms with E-state index in [4.69, 9.17) is 0 Å². The van der Waals surface area contributed by atoms with E-state index in [1.807, 2.05) is 0 Å². The maximum atomic E-state index is 2.56. The smallest absolute Gasteiger partial charge is 0.0162 e. The highest BCUT2D eigenvalue weighted by Crippen LogP contribution is 2.42. The van der Waals surface area contributed by atoms with Gasteiger partial charge in [-0.25, -0.2) is 0 Å². The third kappa shape index (κ3) is 1.81. The van der Waals surface area contributed by atoms with Gasteiger partial charge < -0.3 is 0 Å². The number of hydrogen-bond donors (Lipinski definition) is 0. The molecular weight excluding hydrogens is 216 g/mol. The van der Waals surface area contributed by atoms with E-state index >= 15 is 0 Å². The van der Waals surface area contributed by atoms with Crippen LogP contribution in [0.2, 0.25) is 0 Å². The van der Waals surface area contributed by atoms with E-state index < -0.39 is 0 Å². The molecule has 0 heterocycles. The second-order valence-corrected chi connectivity index (χ2v) is 6.86. The van der Waals surface area contributed by atoms with E-state index in [1.54, 1.807) is 22.3 Å². The molecule has 1 aromatic rings. The van der Waals surface area contributed by atoms with Crippen LogP contribution < -0.4 is 0 Å². The van der Waals surface area contributed by atoms with E-state index in [2.05, 4.69) is 39.8 Å². The Kier molecular flexibility index (Phi) is 3.00. The van der Waals surface area contributed by atoms with Crippen molar-refractivity contribution >= 4 is 0 Å². The summed E-state index contributed by atoms with van der Waals surface area (Å²) in [6.45, 7) is 9.67. The summed E-state index contributed by atoms with van der Waals surface area (Å²) < 4.78 is 0. The molecule has 0 fully saturated rings. The minimum atomic E-state index is 0.758. The molecule has 0 N–H and O–H groups in total. The van der Waals surface area contributed by atoms with Gasteiger partial charge in [0, 0.05) is 0 Å². The molecule has 0 bridgehead atoms. The fourth-order valence-electron chi connectivity index (χ4n) is 3.89. The zero-order valence-electron chi connectivity index (χ0n) is 12.3. The van der Waals surface area contributed by atoms with Crippen LogP contribution in [0.15, 0.2) is 12.1 Å². The highest BCUT2D eigenvalue weighted by molar-refractivity contribution is 5.44. The standard InChI is InChI=1S/C18H26/c1-11-5-7-15-10-18-14(4)12(2)6-8-16(18)9-17(15)13(11)3/h9-14H,5-8H2,1-4H3. The topological polar surface area (TPSA) is 0 Å². The van der Waals surface area contributed by atoms with Gasteiger partial charge in [-0.3, -0.25) is 0 Å². The van der Waals surface area contributed by atoms with Gasteiger partial charge in [-0.15, -0.1) is 0 Å². The SMILES string of the molecule is CC1CCc2cc3c(cc2C1C)CCC(C)C3C. The Hall–Kier alpha value is -0.780. The minimum absolute atomic E-state index is 0.758. The van der Waals surface area contributed by atoms with Crippen LogP contribution in [0.4, 0.5) is 0 Å². The van der Waals surface area contributed by atoms with Gasteiger partial charge in [0.1, 0.15) is 0 Å². The number of fused-ring (bicyclic) bond motifs is 2. The average Bonchev–Trinajstić information content (AvgIpc) is 2.38. The maximum Gasteiger partial charge on any atom is -0.0162 e. The largest absolute Gasteiger partial charge is 0.0619 e. The number of rotatable bonds is 0. The maximum absolute atomic E-state index is 2.56. The summed E-state index contributed by atoms with van der Waals surface area (Å²) in [5.74, 6) is 3.23. The predicted molar refractivity (Wildman–Crippen MR) is 78.2 cm³/mol. The van der Waals surface area contributed by atoms with Crippen LogP contribution in [-0.4, -0.2) is 0 Å². The summed E-state index contributed by atoms with van der Waals surface area (Å²) in [4.78, 5) is 0. The molecule has 2 aliphatic carbocycles. The van der Waals surface area contributed by atoms with E-state index in [1.165, 1.54) is 25.7 Å². The van der Waals surface area contributed by atoms with Crippen LogP contribution in [0.3, 0.4) is 0 Å². The summed E-state index contributed by atoms with van der Waals surface area (Å²) >= 11 is 0. The first-order valence-corrected chi connectivity index (χ1v) is 7.73. The van der Waals surface area contributed by atoms with Crippen molar-refractivity contribution in [3.8, 4) is 0 Å². The molecule has 98 valence electrons. The lowest BCUT2D eigenvalue weighted by molar-refractivity contribution is 0.411. The van der Waals surface area contributed by atoms with Crippen LogP contribution in [0.5, 0.6) is 0 Å². The summed E-state index contributed by atoms with van der Waals surface area (Å²) in [7, 11) is 0. The Bertz CT molecular complexity index is 414. The van der Waals surface area contributed by atoms with Crippen molar-refractivity contribution in [1.82, 2.24) is 0 Å². The Morgan fingerprint density at radius 2 is 1.11 bits per heavy atom. The molecule has 4 unspecified atom stereocenters. The van der Waals surface area contributed by atoms with Crippen LogP contribution >= 0.6 is 0 Å². The molecule has 0 spiro atoms. The zero-order chi connectivity index (χ0) is 12.9. The molecular formula is C18H26. The second-order valence-electron chi connectivity index (χ2n) is 6.86. The molecule has 1 aromatic carbocycles. The lowest BCUT2D eigenvalue weighted by Crippen LogP contribution is -2.21. The normalized spacial score (nSPS) is 34.9. The van der Waals surface area contributed by atoms with Gasteiger partial charge in [0.05, 0.1) is 0 Å². The van der Waals surface area contributed by atoms with E-state index in [-0.39, 0.29) is 0 Å². The lowest BCUT2D eigenvalue weighted by atomic mass is 9.71. The van der Waals surface area contributed by atoms with Crippen LogP contribution in [-0.2, 0) is 12.8 Å². The second kappa shape index (κ2) is 4.40. The number of hydrogen-bond acceptors (Lipinski definition) is 0. The van der Waals surface area contributed by atoms with Gasteiger partial charge in [-0.1, -0.05) is 39.8 Å². The average molecular weight is 242 g/mol. The van der Waals surface area contributed by atoms with Crippen LogP contribution in [0.25, 0.3) is 0 Å². The van der Waals surface area contributed by atoms with Crippen molar-refractivity contribution in [1.29, 1.82) is 0 Å². The molecule has 0 aromatic heterocycles. The molecule has 0 amide bonds. The molecule has 0 nitrogen and oxygen atoms in total. The highest BCUT2D eigenvalue weighted by atomic mass is 14.3. The number of benzene rings is 1. The molecule has 3 rings (SSSR count). The summed E-state index contributed by atoms with van der Waals surface area (Å²) in [5.41, 5.74) is 6.63. The molecule has 2 aliphatic rings. The van der Waals surface area contributed by atoms with E-state index in [0.717, 1.165) is 23.7 Å². The van der Waals surface area contributed by atoms with E-state index in [0.29, 0.717) is 0 Å². The van der Waals surface area contributed by atoms with E-state index in [9.17, 15) is 0 Å². The quantitative estimate of drug-likeness (QED) is 0.596. The predicted octanol–water partition coefficient (Wildman–Crippen LogP) is 5.06. The van der Waals surface area contributed by atoms with Gasteiger partial charge in [0.15, 0.2) is 0 Å². The fourth-order valence-corrected chi connectivity index (χ4v) is 3.89. The first kappa shape index (κ1) is 12.3. The molecule has 4 atom stereocenters. The van der Waals surface area contributed by atoms with Crippen molar-refractivity contribution in [3.05, 3.63) is 34.4 Å². The van der Waals surface area contributed by atoms with Crippen molar-refractivity contribution in [2.24, 2.45) is 11.8 Å². The minimum Gasteiger partial charge on any atom is -0.0619 e. The van der Waals surface area contributed by atoms with Gasteiger partial charge >= 0.3 is 0 Å². The molecule has 0 heteroatoms. The molecule has 0 saturated carbocycles. The first-order chi connectivity index (χ1) is 8.58. The van der Waals surface area contributed by atoms with Crippen molar-refractivity contribution in [2.45, 2.75) is 65.2 Å². The number of aryl methyl sites for hydroxylation is 2. The Labute approximate surface area is 112 Å².